The Labute approximate surface area is 208 Å². The summed E-state index contributed by atoms with van der Waals surface area (Å²) in [6.07, 6.45) is 21.2. The monoisotopic (exact) mass is 502 g/mol. The summed E-state index contributed by atoms with van der Waals surface area (Å²) in [6, 6.07) is 5.16. The molecule has 0 aromatic carbocycles. The largest absolute Gasteiger partial charge is 0.593 e. The lowest BCUT2D eigenvalue weighted by Gasteiger charge is -2.19. The maximum atomic E-state index is 12.1. The Morgan fingerprint density at radius 1 is 0.765 bits per heavy atom. The summed E-state index contributed by atoms with van der Waals surface area (Å²) >= 11 is 0. The fraction of sp³-hybridized carbons (Fsp3) is 0.808. The molecule has 2 atom stereocenters. The molecule has 34 heavy (non-hydrogen) atoms. The molecule has 1 unspecified atom stereocenters. The van der Waals surface area contributed by atoms with E-state index in [1.807, 2.05) is 6.92 Å². The fourth-order valence-electron chi connectivity index (χ4n) is 3.75. The molecule has 1 N–H and O–H groups in total. The molecule has 0 bridgehead atoms. The van der Waals surface area contributed by atoms with Crippen molar-refractivity contribution in [1.29, 1.82) is 0 Å². The number of hydrogen-bond acceptors (Lipinski definition) is 6. The lowest BCUT2D eigenvalue weighted by molar-refractivity contribution is -0.866. The number of phosphoric acid groups is 1. The normalized spacial score (nSPS) is 14.1. The molecule has 0 aliphatic carbocycles. The van der Waals surface area contributed by atoms with Gasteiger partial charge in [-0.3, -0.25) is 0 Å². The molecule has 7 nitrogen and oxygen atoms in total. The third-order valence-corrected chi connectivity index (χ3v) is 6.53. The second kappa shape index (κ2) is 21.5. The minimum atomic E-state index is -4.24. The van der Waals surface area contributed by atoms with E-state index in [9.17, 15) is 9.79 Å². The van der Waals surface area contributed by atoms with Crippen molar-refractivity contribution < 1.29 is 33.1 Å². The van der Waals surface area contributed by atoms with Crippen LogP contribution in [-0.4, -0.2) is 37.4 Å². The smallest absolute Gasteiger partial charge is 0.511 e. The van der Waals surface area contributed by atoms with Gasteiger partial charge in [0.05, 0.1) is 11.3 Å². The summed E-state index contributed by atoms with van der Waals surface area (Å²) in [4.78, 5) is 22.0. The van der Waals surface area contributed by atoms with E-state index in [1.165, 1.54) is 95.9 Å². The van der Waals surface area contributed by atoms with Crippen molar-refractivity contribution >= 4 is 8.17 Å². The van der Waals surface area contributed by atoms with Gasteiger partial charge in [-0.1, -0.05) is 101 Å². The summed E-state index contributed by atoms with van der Waals surface area (Å²) in [5.74, 6) is 0. The van der Waals surface area contributed by atoms with Gasteiger partial charge >= 0.3 is 8.17 Å². The van der Waals surface area contributed by atoms with Crippen LogP contribution in [0.15, 0.2) is 30.6 Å². The minimum Gasteiger partial charge on any atom is -0.593 e. The van der Waals surface area contributed by atoms with Gasteiger partial charge in [0.2, 0.25) is 12.4 Å². The zero-order valence-corrected chi connectivity index (χ0v) is 22.5. The number of aromatic nitrogens is 1. The molecule has 1 aromatic rings. The lowest BCUT2D eigenvalue weighted by Crippen LogP contribution is -2.45. The van der Waals surface area contributed by atoms with Crippen LogP contribution in [0.25, 0.3) is 0 Å². The van der Waals surface area contributed by atoms with Crippen molar-refractivity contribution in [1.82, 2.24) is 0 Å². The minimum absolute atomic E-state index is 0.0756. The van der Waals surface area contributed by atoms with Crippen LogP contribution in [0.4, 0.5) is 0 Å². The van der Waals surface area contributed by atoms with Crippen molar-refractivity contribution in [2.24, 2.45) is 0 Å². The van der Waals surface area contributed by atoms with Gasteiger partial charge in [0.25, 0.3) is 0 Å². The molecule has 0 saturated carbocycles. The number of nitrogens with zero attached hydrogens (tertiary/aromatic N) is 1. The van der Waals surface area contributed by atoms with Crippen LogP contribution >= 0.6 is 8.17 Å². The highest BCUT2D eigenvalue weighted by Crippen LogP contribution is 2.42. The molecule has 0 fully saturated rings. The van der Waals surface area contributed by atoms with E-state index < -0.39 is 14.3 Å². The van der Waals surface area contributed by atoms with Crippen molar-refractivity contribution in [2.45, 2.75) is 110 Å². The summed E-state index contributed by atoms with van der Waals surface area (Å²) < 4.78 is 22.5. The van der Waals surface area contributed by atoms with Crippen LogP contribution in [0.1, 0.15) is 104 Å². The number of hydrogen-bond donors (Lipinski definition) is 1. The molecule has 0 amide bonds. The molecule has 0 aliphatic heterocycles. The van der Waals surface area contributed by atoms with Crippen molar-refractivity contribution in [2.75, 3.05) is 26.4 Å². The zero-order chi connectivity index (χ0) is 24.7. The molecular weight excluding hydrogens is 453 g/mol. The molecule has 0 radical (unpaired) electrons. The van der Waals surface area contributed by atoms with E-state index in [0.29, 0.717) is 19.8 Å². The van der Waals surface area contributed by atoms with Gasteiger partial charge < -0.3 is 14.4 Å². The highest BCUT2D eigenvalue weighted by atomic mass is 31.2. The number of pyridine rings is 1. The summed E-state index contributed by atoms with van der Waals surface area (Å²) in [7, 11) is -4.24. The number of ether oxygens (including phenoxy) is 2. The highest BCUT2D eigenvalue weighted by Gasteiger charge is 2.36. The van der Waals surface area contributed by atoms with Gasteiger partial charge in [-0.2, -0.15) is 9.42 Å². The van der Waals surface area contributed by atoms with E-state index in [0.717, 1.165) is 11.2 Å². The molecule has 0 aliphatic rings. The Bertz CT molecular complexity index is 563. The van der Waals surface area contributed by atoms with Crippen LogP contribution in [0.5, 0.6) is 0 Å². The van der Waals surface area contributed by atoms with Crippen molar-refractivity contribution in [3.05, 3.63) is 30.6 Å². The van der Waals surface area contributed by atoms with Crippen molar-refractivity contribution in [3.63, 3.8) is 0 Å². The first-order valence-corrected chi connectivity index (χ1v) is 14.9. The van der Waals surface area contributed by atoms with E-state index in [2.05, 4.69) is 6.92 Å². The maximum absolute atomic E-state index is 12.1. The van der Waals surface area contributed by atoms with E-state index >= 15 is 0 Å². The Hall–Kier alpha value is -0.820. The standard InChI is InChI=1S/C26H48NO6P/c1-3-5-6-7-8-9-10-11-12-13-14-15-16-20-23-30-24-26(31-4-2)25-32-34(28,29)33-27-21-18-17-19-22-27/h17-19,21-22,26H,3-16,20,23-25H2,1-2H3/p+1/t26-/m1/s1. The maximum Gasteiger partial charge on any atom is 0.511 e. The summed E-state index contributed by atoms with van der Waals surface area (Å²) in [5.41, 5.74) is 0. The second-order valence-corrected chi connectivity index (χ2v) is 10.2. The topological polar surface area (TPSA) is 84.1 Å². The molecule has 1 aromatic heterocycles. The average Bonchev–Trinajstić information content (AvgIpc) is 2.82. The SMILES string of the molecule is CCCCCCCCCCCCCCCCOC[C@H](CO[P+]([O-])(O)O[n+]1ccccc1)OCC. The molecule has 8 heteroatoms. The average molecular weight is 503 g/mol. The highest BCUT2D eigenvalue weighted by molar-refractivity contribution is 7.52. The van der Waals surface area contributed by atoms with Crippen molar-refractivity contribution in [3.8, 4) is 0 Å². The number of rotatable bonds is 24. The Morgan fingerprint density at radius 2 is 1.29 bits per heavy atom. The first-order chi connectivity index (χ1) is 16.6. The fourth-order valence-corrected chi connectivity index (χ4v) is 4.50. The van der Waals surface area contributed by atoms with Gasteiger partial charge in [0.15, 0.2) is 0 Å². The van der Waals surface area contributed by atoms with E-state index in [4.69, 9.17) is 18.6 Å². The zero-order valence-electron chi connectivity index (χ0n) is 21.6. The molecule has 0 spiro atoms. The number of phosphoric ester groups is 1. The summed E-state index contributed by atoms with van der Waals surface area (Å²) in [5, 5.41) is 0. The summed E-state index contributed by atoms with van der Waals surface area (Å²) in [6.45, 7) is 5.52. The molecular formula is C26H49NO6P+. The predicted octanol–water partition coefficient (Wildman–Crippen LogP) is 5.35. The number of unbranched alkanes of at least 4 members (excludes halogenated alkanes) is 13. The third-order valence-electron chi connectivity index (χ3n) is 5.66. The van der Waals surface area contributed by atoms with E-state index in [1.54, 1.807) is 18.2 Å². The first-order valence-electron chi connectivity index (χ1n) is 13.4. The van der Waals surface area contributed by atoms with Gasteiger partial charge in [0, 0.05) is 25.3 Å². The molecule has 1 rings (SSSR count). The molecule has 1 heterocycles. The van der Waals surface area contributed by atoms with Crippen LogP contribution in [0.3, 0.4) is 0 Å². The van der Waals surface area contributed by atoms with Gasteiger partial charge in [-0.15, -0.1) is 0 Å². The van der Waals surface area contributed by atoms with Gasteiger partial charge in [0.1, 0.15) is 12.7 Å². The van der Waals surface area contributed by atoms with Crippen LogP contribution in [0, 0.1) is 0 Å². The van der Waals surface area contributed by atoms with Crippen LogP contribution in [0.2, 0.25) is 0 Å². The van der Waals surface area contributed by atoms with Crippen LogP contribution in [-0.2, 0) is 14.0 Å². The van der Waals surface area contributed by atoms with Gasteiger partial charge in [-0.25, -0.2) is 0 Å². The Morgan fingerprint density at radius 3 is 1.82 bits per heavy atom. The Kier molecular flexibility index (Phi) is 19.7. The third kappa shape index (κ3) is 18.5. The van der Waals surface area contributed by atoms with Crippen LogP contribution < -0.4 is 14.2 Å². The Balaban J connectivity index is 1.98. The first kappa shape index (κ1) is 31.2. The van der Waals surface area contributed by atoms with Gasteiger partial charge in [-0.05, 0) is 13.3 Å². The predicted molar refractivity (Wildman–Crippen MR) is 135 cm³/mol. The second-order valence-electron chi connectivity index (χ2n) is 8.83. The quantitative estimate of drug-likeness (QED) is 0.117. The lowest BCUT2D eigenvalue weighted by atomic mass is 10.0. The van der Waals surface area contributed by atoms with E-state index in [-0.39, 0.29) is 6.61 Å². The molecule has 0 saturated heterocycles. The molecule has 198 valence electrons.